The molecule has 0 heterocycles. The molecular formula is C36H76O11Si3. The molecule has 14 heteroatoms. The molecule has 0 bridgehead atoms. The summed E-state index contributed by atoms with van der Waals surface area (Å²) in [6.45, 7) is 25.7. The Morgan fingerprint density at radius 1 is 0.400 bits per heavy atom. The fraction of sp³-hybridized carbons (Fsp3) is 0.889. The average molecular weight is 769 g/mol. The molecule has 1 unspecified atom stereocenters. The van der Waals surface area contributed by atoms with Crippen molar-refractivity contribution in [3.63, 3.8) is 0 Å². The Morgan fingerprint density at radius 2 is 0.740 bits per heavy atom. The molecule has 0 aliphatic rings. The quantitative estimate of drug-likeness (QED) is 0.0345. The van der Waals surface area contributed by atoms with Crippen LogP contribution in [-0.4, -0.2) is 112 Å². The van der Waals surface area contributed by atoms with Gasteiger partial charge < -0.3 is 49.3 Å². The van der Waals surface area contributed by atoms with E-state index in [-0.39, 0.29) is 0 Å². The summed E-state index contributed by atoms with van der Waals surface area (Å²) in [5.74, 6) is 0.467. The van der Waals surface area contributed by atoms with Gasteiger partial charge >= 0.3 is 26.4 Å². The van der Waals surface area contributed by atoms with Gasteiger partial charge in [0.2, 0.25) is 0 Å². The standard InChI is InChI=1S/C36H76O11Si3/c1-10-39-48(40-11-2,41-12-3)33-24-31-37-29-22-19-20-26-36(28-35-50(45-16-7,46-17-8)47-18-9)27-21-23-30-38-32-25-34-49(42-13-4,43-14-5)44-15-6/h19,21-23,36H,10-18,20,24-35H2,1-9H3. The van der Waals surface area contributed by atoms with Crippen LogP contribution in [0.2, 0.25) is 18.1 Å². The topological polar surface area (TPSA) is 102 Å². The zero-order valence-electron chi connectivity index (χ0n) is 33.4. The van der Waals surface area contributed by atoms with Crippen molar-refractivity contribution in [1.29, 1.82) is 0 Å². The van der Waals surface area contributed by atoms with Gasteiger partial charge in [0.25, 0.3) is 0 Å². The summed E-state index contributed by atoms with van der Waals surface area (Å²) in [4.78, 5) is 0. The predicted octanol–water partition coefficient (Wildman–Crippen LogP) is 8.23. The third-order valence-electron chi connectivity index (χ3n) is 7.65. The van der Waals surface area contributed by atoms with E-state index in [1.807, 2.05) is 62.3 Å². The molecule has 0 N–H and O–H groups in total. The summed E-state index contributed by atoms with van der Waals surface area (Å²) < 4.78 is 66.0. The Balaban J connectivity index is 4.99. The molecule has 0 spiro atoms. The summed E-state index contributed by atoms with van der Waals surface area (Å²) in [7, 11) is -7.94. The van der Waals surface area contributed by atoms with E-state index in [9.17, 15) is 0 Å². The Hall–Kier alpha value is -0.309. The van der Waals surface area contributed by atoms with E-state index in [0.29, 0.717) is 91.8 Å². The van der Waals surface area contributed by atoms with E-state index in [2.05, 4.69) is 24.3 Å². The third-order valence-corrected chi connectivity index (χ3v) is 17.0. The highest BCUT2D eigenvalue weighted by atomic mass is 28.4. The van der Waals surface area contributed by atoms with Gasteiger partial charge in [0.15, 0.2) is 0 Å². The fourth-order valence-electron chi connectivity index (χ4n) is 5.72. The molecule has 0 radical (unpaired) electrons. The van der Waals surface area contributed by atoms with E-state index in [1.165, 1.54) is 0 Å². The zero-order chi connectivity index (χ0) is 37.2. The predicted molar refractivity (Wildman–Crippen MR) is 207 cm³/mol. The van der Waals surface area contributed by atoms with Crippen molar-refractivity contribution >= 4 is 26.4 Å². The zero-order valence-corrected chi connectivity index (χ0v) is 36.4. The van der Waals surface area contributed by atoms with Crippen molar-refractivity contribution in [2.45, 2.75) is 119 Å². The second-order valence-corrected chi connectivity index (χ2v) is 19.7. The molecule has 0 aliphatic heterocycles. The van der Waals surface area contributed by atoms with Crippen LogP contribution in [0.25, 0.3) is 0 Å². The van der Waals surface area contributed by atoms with Gasteiger partial charge in [-0.15, -0.1) is 0 Å². The molecule has 0 saturated heterocycles. The average Bonchev–Trinajstić information content (AvgIpc) is 3.08. The molecule has 0 amide bonds. The monoisotopic (exact) mass is 768 g/mol. The van der Waals surface area contributed by atoms with Crippen molar-refractivity contribution in [1.82, 2.24) is 0 Å². The van der Waals surface area contributed by atoms with Crippen LogP contribution >= 0.6 is 0 Å². The van der Waals surface area contributed by atoms with Crippen molar-refractivity contribution in [3.05, 3.63) is 24.3 Å². The molecule has 0 aromatic carbocycles. The van der Waals surface area contributed by atoms with E-state index in [0.717, 1.165) is 56.7 Å². The molecule has 11 nitrogen and oxygen atoms in total. The summed E-state index contributed by atoms with van der Waals surface area (Å²) in [5, 5.41) is 0. The van der Waals surface area contributed by atoms with Crippen LogP contribution in [0.3, 0.4) is 0 Å². The van der Waals surface area contributed by atoms with Gasteiger partial charge in [-0.25, -0.2) is 0 Å². The van der Waals surface area contributed by atoms with Crippen molar-refractivity contribution in [3.8, 4) is 0 Å². The van der Waals surface area contributed by atoms with Crippen LogP contribution in [0.5, 0.6) is 0 Å². The van der Waals surface area contributed by atoms with Crippen LogP contribution in [0.15, 0.2) is 24.3 Å². The number of ether oxygens (including phenoxy) is 2. The summed E-state index contributed by atoms with van der Waals surface area (Å²) in [6.07, 6.45) is 14.4. The molecule has 0 fully saturated rings. The molecule has 0 rings (SSSR count). The smallest absolute Gasteiger partial charge is 0.377 e. The number of rotatable bonds is 38. The minimum Gasteiger partial charge on any atom is -0.377 e. The Kier molecular flexibility index (Phi) is 33.1. The van der Waals surface area contributed by atoms with Crippen LogP contribution in [0.4, 0.5) is 0 Å². The van der Waals surface area contributed by atoms with Crippen LogP contribution in [0.1, 0.15) is 101 Å². The van der Waals surface area contributed by atoms with Crippen molar-refractivity contribution in [2.75, 3.05) is 85.9 Å². The highest BCUT2D eigenvalue weighted by Gasteiger charge is 2.41. The van der Waals surface area contributed by atoms with Gasteiger partial charge in [-0.3, -0.25) is 0 Å². The minimum atomic E-state index is -2.70. The van der Waals surface area contributed by atoms with Gasteiger partial charge in [-0.05, 0) is 107 Å². The summed E-state index contributed by atoms with van der Waals surface area (Å²) >= 11 is 0. The fourth-order valence-corrected chi connectivity index (χ4v) is 13.6. The SMILES string of the molecule is CCO[Si](CCCOCC=CCCC(CC=CCOCCC[Si](OCC)(OCC)OCC)CC[Si](OCC)(OCC)OCC)(OCC)OCC. The molecule has 0 saturated carbocycles. The summed E-state index contributed by atoms with van der Waals surface area (Å²) in [5.41, 5.74) is 0. The van der Waals surface area contributed by atoms with Gasteiger partial charge in [0.1, 0.15) is 0 Å². The Bertz CT molecular complexity index is 756. The molecule has 0 aromatic heterocycles. The number of hydrogen-bond donors (Lipinski definition) is 0. The van der Waals surface area contributed by atoms with E-state index < -0.39 is 26.4 Å². The maximum Gasteiger partial charge on any atom is 0.501 e. The first-order chi connectivity index (χ1) is 24.3. The van der Waals surface area contributed by atoms with Crippen LogP contribution in [0, 0.1) is 5.92 Å². The number of hydrogen-bond acceptors (Lipinski definition) is 11. The first-order valence-electron chi connectivity index (χ1n) is 19.5. The molecule has 1 atom stereocenters. The van der Waals surface area contributed by atoms with Gasteiger partial charge in [-0.2, -0.15) is 0 Å². The van der Waals surface area contributed by atoms with Gasteiger partial charge in [0, 0.05) is 90.8 Å². The van der Waals surface area contributed by atoms with E-state index in [4.69, 9.17) is 49.3 Å². The highest BCUT2D eigenvalue weighted by molar-refractivity contribution is 6.61. The second kappa shape index (κ2) is 33.3. The first kappa shape index (κ1) is 49.7. The van der Waals surface area contributed by atoms with E-state index >= 15 is 0 Å². The lowest BCUT2D eigenvalue weighted by atomic mass is 9.96. The number of allylic oxidation sites excluding steroid dienone is 2. The van der Waals surface area contributed by atoms with Gasteiger partial charge in [0.05, 0.1) is 13.2 Å². The first-order valence-corrected chi connectivity index (χ1v) is 25.3. The summed E-state index contributed by atoms with van der Waals surface area (Å²) in [6, 6.07) is 2.34. The Labute approximate surface area is 310 Å². The van der Waals surface area contributed by atoms with Crippen molar-refractivity contribution < 1.29 is 49.3 Å². The molecule has 298 valence electrons. The van der Waals surface area contributed by atoms with Crippen LogP contribution in [-0.2, 0) is 49.3 Å². The van der Waals surface area contributed by atoms with Gasteiger partial charge in [-0.1, -0.05) is 24.3 Å². The lowest BCUT2D eigenvalue weighted by Crippen LogP contribution is -2.46. The lowest BCUT2D eigenvalue weighted by molar-refractivity contribution is 0.0665. The van der Waals surface area contributed by atoms with Crippen LogP contribution < -0.4 is 0 Å². The van der Waals surface area contributed by atoms with E-state index in [1.54, 1.807) is 0 Å². The molecule has 0 aromatic rings. The maximum atomic E-state index is 6.14. The van der Waals surface area contributed by atoms with Crippen molar-refractivity contribution in [2.24, 2.45) is 5.92 Å². The normalized spacial score (nSPS) is 13.7. The largest absolute Gasteiger partial charge is 0.501 e. The second-order valence-electron chi connectivity index (χ2n) is 11.5. The molecular weight excluding hydrogens is 693 g/mol. The Morgan fingerprint density at radius 3 is 1.10 bits per heavy atom. The molecule has 50 heavy (non-hydrogen) atoms. The lowest BCUT2D eigenvalue weighted by Gasteiger charge is -2.29. The molecule has 0 aliphatic carbocycles. The maximum absolute atomic E-state index is 6.14. The minimum absolute atomic E-state index is 0.467. The third kappa shape index (κ3) is 23.4. The highest BCUT2D eigenvalue weighted by Crippen LogP contribution is 2.26.